The van der Waals surface area contributed by atoms with E-state index in [4.69, 9.17) is 33.3 Å². The maximum Gasteiger partial charge on any atom is 0.509 e. The molecule has 1 aromatic heterocycles. The quantitative estimate of drug-likeness (QED) is 0.161. The average Bonchev–Trinajstić information content (AvgIpc) is 3.53. The highest BCUT2D eigenvalue weighted by atomic mass is 19.1. The summed E-state index contributed by atoms with van der Waals surface area (Å²) in [5, 5.41) is 25.7. The number of hydrogen-bond acceptors (Lipinski definition) is 15. The van der Waals surface area contributed by atoms with Crippen LogP contribution in [0.1, 0.15) is 90.6 Å². The highest BCUT2D eigenvalue weighted by molar-refractivity contribution is 6.08. The lowest BCUT2D eigenvalue weighted by Gasteiger charge is -2.47. The van der Waals surface area contributed by atoms with Crippen LogP contribution in [-0.4, -0.2) is 137 Å². The number of ketones is 1. The van der Waals surface area contributed by atoms with E-state index in [9.17, 15) is 34.2 Å². The highest BCUT2D eigenvalue weighted by Gasteiger charge is 2.60. The van der Waals surface area contributed by atoms with Gasteiger partial charge in [-0.3, -0.25) is 9.59 Å². The van der Waals surface area contributed by atoms with Gasteiger partial charge in [0.05, 0.1) is 30.1 Å². The lowest BCUT2D eigenvalue weighted by Crippen LogP contribution is -2.61. The molecule has 13 atom stereocenters. The van der Waals surface area contributed by atoms with Crippen molar-refractivity contribution >= 4 is 46.6 Å². The number of aromatic nitrogens is 1. The molecule has 17 nitrogen and oxygen atoms in total. The monoisotopic (exact) mass is 873 g/mol. The van der Waals surface area contributed by atoms with E-state index in [0.717, 1.165) is 13.1 Å². The van der Waals surface area contributed by atoms with E-state index in [1.165, 1.54) is 27.0 Å². The number of carboxylic acids is 1. The van der Waals surface area contributed by atoms with Gasteiger partial charge in [0.1, 0.15) is 24.9 Å². The first-order valence-electron chi connectivity index (χ1n) is 20.8. The predicted octanol–water partition coefficient (Wildman–Crippen LogP) is 5.05. The number of fused-ring (bicyclic) bond motifs is 2. The smallest absolute Gasteiger partial charge is 0.477 e. The molecule has 18 heteroatoms. The van der Waals surface area contributed by atoms with E-state index in [0.29, 0.717) is 23.2 Å². The number of aromatic carboxylic acids is 1. The Bertz CT molecular complexity index is 2120. The maximum absolute atomic E-state index is 17.0. The van der Waals surface area contributed by atoms with E-state index < -0.39 is 112 Å². The molecule has 0 bridgehead atoms. The minimum Gasteiger partial charge on any atom is -0.477 e. The number of benzene rings is 1. The number of halogens is 1. The number of aromatic amines is 1. The van der Waals surface area contributed by atoms with Crippen molar-refractivity contribution in [3.8, 4) is 0 Å². The van der Waals surface area contributed by atoms with Gasteiger partial charge in [0.25, 0.3) is 5.67 Å². The van der Waals surface area contributed by atoms with Crippen molar-refractivity contribution in [3.05, 3.63) is 51.8 Å². The Kier molecular flexibility index (Phi) is 14.7. The zero-order chi connectivity index (χ0) is 46.1. The van der Waals surface area contributed by atoms with Gasteiger partial charge in [-0.15, -0.1) is 0 Å². The average molecular weight is 874 g/mol. The van der Waals surface area contributed by atoms with Gasteiger partial charge >= 0.3 is 18.1 Å². The number of oxime groups is 1. The summed E-state index contributed by atoms with van der Waals surface area (Å²) < 4.78 is 53.6. The van der Waals surface area contributed by atoms with Crippen LogP contribution in [0.25, 0.3) is 17.0 Å². The summed E-state index contributed by atoms with van der Waals surface area (Å²) in [4.78, 5) is 75.8. The second kappa shape index (κ2) is 18.9. The SMILES string of the molecule is CC[C@H]1OC(=O)[C@@](C)(F)C(=O)[C@H](C)[C@@H](O[C@@H]2O[C@H](C)C[C@H](N(C)C)[C@H]2O)[C@](C)(OC/C=C/c2ccc3[nH]cc(C(=O)O)c(=O)c3c2)C[C@@H](C)/C(=N\OC)[C@H](C)[C@H]2OC(=O)O[C@@]21C. The van der Waals surface area contributed by atoms with Gasteiger partial charge < -0.3 is 53.4 Å². The number of pyridine rings is 1. The van der Waals surface area contributed by atoms with Gasteiger partial charge in [-0.25, -0.2) is 18.8 Å². The molecule has 0 radical (unpaired) electrons. The number of alkyl halides is 1. The zero-order valence-corrected chi connectivity index (χ0v) is 37.1. The van der Waals surface area contributed by atoms with Crippen LogP contribution in [0.3, 0.4) is 0 Å². The Morgan fingerprint density at radius 3 is 2.40 bits per heavy atom. The number of carbonyl (C=O) groups excluding carboxylic acids is 3. The van der Waals surface area contributed by atoms with E-state index in [-0.39, 0.29) is 24.8 Å². The topological polar surface area (TPSA) is 222 Å². The molecule has 3 saturated heterocycles. The van der Waals surface area contributed by atoms with Gasteiger partial charge in [-0.05, 0) is 78.7 Å². The van der Waals surface area contributed by atoms with Crippen molar-refractivity contribution in [2.75, 3.05) is 27.8 Å². The normalized spacial score (nSPS) is 36.9. The molecule has 0 spiro atoms. The fourth-order valence-electron chi connectivity index (χ4n) is 9.20. The Morgan fingerprint density at radius 2 is 1.77 bits per heavy atom. The number of nitrogens with zero attached hydrogens (tertiary/aromatic N) is 2. The van der Waals surface area contributed by atoms with Gasteiger partial charge in [0.15, 0.2) is 23.8 Å². The molecule has 0 saturated carbocycles. The van der Waals surface area contributed by atoms with E-state index >= 15 is 4.39 Å². The fourth-order valence-corrected chi connectivity index (χ4v) is 9.20. The molecule has 3 fully saturated rings. The van der Waals surface area contributed by atoms with Crippen LogP contribution in [0.5, 0.6) is 0 Å². The van der Waals surface area contributed by atoms with Crippen LogP contribution < -0.4 is 5.43 Å². The largest absolute Gasteiger partial charge is 0.509 e. The molecule has 0 unspecified atom stereocenters. The van der Waals surface area contributed by atoms with Crippen LogP contribution >= 0.6 is 0 Å². The molecule has 62 heavy (non-hydrogen) atoms. The molecule has 4 heterocycles. The Hall–Kier alpha value is -4.75. The number of hydrogen-bond donors (Lipinski definition) is 3. The van der Waals surface area contributed by atoms with Crippen molar-refractivity contribution in [1.29, 1.82) is 0 Å². The molecule has 3 aliphatic rings. The number of Topliss-reactive ketones (excluding diaryl/α,β-unsaturated/α-hetero) is 1. The van der Waals surface area contributed by atoms with Crippen LogP contribution in [-0.2, 0) is 42.8 Å². The summed E-state index contributed by atoms with van der Waals surface area (Å²) in [5.74, 6) is -6.91. The number of cyclic esters (lactones) is 1. The summed E-state index contributed by atoms with van der Waals surface area (Å²) in [7, 11) is 4.95. The van der Waals surface area contributed by atoms with E-state index in [1.54, 1.807) is 59.2 Å². The van der Waals surface area contributed by atoms with Crippen molar-refractivity contribution in [2.45, 2.75) is 134 Å². The first-order valence-corrected chi connectivity index (χ1v) is 20.8. The Labute approximate surface area is 359 Å². The highest BCUT2D eigenvalue weighted by Crippen LogP contribution is 2.43. The second-order valence-corrected chi connectivity index (χ2v) is 17.4. The summed E-state index contributed by atoms with van der Waals surface area (Å²) in [6, 6.07) is 4.45. The van der Waals surface area contributed by atoms with Gasteiger partial charge in [0.2, 0.25) is 5.43 Å². The summed E-state index contributed by atoms with van der Waals surface area (Å²) in [6.45, 7) is 12.2. The Morgan fingerprint density at radius 1 is 1.08 bits per heavy atom. The molecule has 3 aliphatic heterocycles. The van der Waals surface area contributed by atoms with Crippen LogP contribution in [0.2, 0.25) is 0 Å². The number of ether oxygens (including phenoxy) is 6. The zero-order valence-electron chi connectivity index (χ0n) is 37.1. The molecule has 0 aliphatic carbocycles. The van der Waals surface area contributed by atoms with Gasteiger partial charge in [0, 0.05) is 40.9 Å². The number of aliphatic hydroxyl groups excluding tert-OH is 1. The summed E-state index contributed by atoms with van der Waals surface area (Å²) >= 11 is 0. The minimum atomic E-state index is -3.26. The van der Waals surface area contributed by atoms with Gasteiger partial charge in [-0.1, -0.05) is 51.1 Å². The first-order chi connectivity index (χ1) is 29.0. The number of carbonyl (C=O) groups is 4. The molecule has 3 N–H and O–H groups in total. The number of carboxylic acid groups (broad SMARTS) is 1. The van der Waals surface area contributed by atoms with Crippen molar-refractivity contribution in [3.63, 3.8) is 0 Å². The number of H-pyrrole nitrogens is 1. The maximum atomic E-state index is 17.0. The van der Waals surface area contributed by atoms with Crippen molar-refractivity contribution < 1.29 is 67.0 Å². The van der Waals surface area contributed by atoms with E-state index in [2.05, 4.69) is 10.1 Å². The lowest BCUT2D eigenvalue weighted by molar-refractivity contribution is -0.296. The van der Waals surface area contributed by atoms with Crippen LogP contribution in [0, 0.1) is 17.8 Å². The predicted molar refractivity (Wildman–Crippen MR) is 223 cm³/mol. The molecule has 5 rings (SSSR count). The Balaban J connectivity index is 1.63. The standard InChI is InChI=1S/C44H60FN3O14/c1-12-31-44(8)37(61-41(55)62-44)24(4)32(47-56-11)22(2)20-42(6,57-17-13-14-26-15-16-29-27(19-26)33(49)28(21-46-29)38(52)53)36(25(5)35(51)43(7,45)40(54)59-31)60-39-34(50)30(48(9)10)18-23(3)58-39/h13-16,19,21-25,30-31,34,36-37,39,50H,12,17-18,20H2,1-11H3,(H,46,49)(H,52,53)/b14-13+,47-32+/t22-,23-,24+,25+,30+,31-,34-,36-,37-,39+,42-,43+,44-/m1/s1. The number of likely N-dealkylation sites (N-methyl/N-ethyl adjacent to an activating group) is 1. The summed E-state index contributed by atoms with van der Waals surface area (Å²) in [6.07, 6.45) is -2.88. The number of rotatable bonds is 10. The first kappa shape index (κ1) is 48.3. The lowest BCUT2D eigenvalue weighted by atomic mass is 9.73. The van der Waals surface area contributed by atoms with Crippen LogP contribution in [0.15, 0.2) is 40.4 Å². The number of esters is 1. The van der Waals surface area contributed by atoms with E-state index in [1.807, 2.05) is 18.7 Å². The number of nitrogens with one attached hydrogen (secondary N) is 1. The molecule has 342 valence electrons. The third kappa shape index (κ3) is 9.58. The van der Waals surface area contributed by atoms with Crippen molar-refractivity contribution in [1.82, 2.24) is 9.88 Å². The van der Waals surface area contributed by atoms with Crippen LogP contribution in [0.4, 0.5) is 9.18 Å². The third-order valence-corrected chi connectivity index (χ3v) is 12.5. The third-order valence-electron chi connectivity index (χ3n) is 12.5. The molecular weight excluding hydrogens is 813 g/mol. The fraction of sp³-hybridized carbons (Fsp3) is 0.636. The molecule has 1 aromatic carbocycles. The molecule has 2 aromatic rings. The summed E-state index contributed by atoms with van der Waals surface area (Å²) in [5.41, 5.74) is -6.21. The molecule has 0 amide bonds. The molecular formula is C44H60FN3O14. The minimum absolute atomic E-state index is 0.00263. The number of aliphatic hydroxyl groups is 1. The second-order valence-electron chi connectivity index (χ2n) is 17.4. The van der Waals surface area contributed by atoms with Gasteiger partial charge in [-0.2, -0.15) is 0 Å². The van der Waals surface area contributed by atoms with Crippen molar-refractivity contribution in [2.24, 2.45) is 22.9 Å².